The van der Waals surface area contributed by atoms with Crippen LogP contribution in [0.15, 0.2) is 71.9 Å². The number of nitrogens with one attached hydrogen (secondary N) is 2. The first-order valence-electron chi connectivity index (χ1n) is 9.45. The Morgan fingerprint density at radius 1 is 0.906 bits per heavy atom. The predicted octanol–water partition coefficient (Wildman–Crippen LogP) is 1.90. The fourth-order valence-corrected chi connectivity index (χ4v) is 4.13. The summed E-state index contributed by atoms with van der Waals surface area (Å²) in [6.07, 6.45) is 2.80. The van der Waals surface area contributed by atoms with E-state index in [1.807, 2.05) is 0 Å². The highest BCUT2D eigenvalue weighted by Crippen LogP contribution is 2.25. The lowest BCUT2D eigenvalue weighted by molar-refractivity contribution is -0.119. The van der Waals surface area contributed by atoms with Crippen LogP contribution in [0.1, 0.15) is 27.6 Å². The first-order valence-corrected chi connectivity index (χ1v) is 10.9. The van der Waals surface area contributed by atoms with Crippen LogP contribution in [0.4, 0.5) is 11.6 Å². The van der Waals surface area contributed by atoms with Crippen molar-refractivity contribution in [1.29, 1.82) is 0 Å². The van der Waals surface area contributed by atoms with E-state index >= 15 is 0 Å². The monoisotopic (exact) mass is 451 g/mol. The quantitative estimate of drug-likeness (QED) is 0.546. The molecular weight excluding hydrogens is 434 g/mol. The zero-order valence-electron chi connectivity index (χ0n) is 16.7. The van der Waals surface area contributed by atoms with Gasteiger partial charge in [0.25, 0.3) is 21.8 Å². The van der Waals surface area contributed by atoms with Crippen LogP contribution >= 0.6 is 0 Å². The van der Waals surface area contributed by atoms with Gasteiger partial charge in [0.2, 0.25) is 11.9 Å². The Hall–Kier alpha value is -4.12. The highest BCUT2D eigenvalue weighted by atomic mass is 32.2. The summed E-state index contributed by atoms with van der Waals surface area (Å²) in [4.78, 5) is 46.2. The van der Waals surface area contributed by atoms with Crippen molar-refractivity contribution in [2.75, 3.05) is 10.0 Å². The average molecular weight is 451 g/mol. The number of amides is 3. The van der Waals surface area contributed by atoms with Gasteiger partial charge in [-0.15, -0.1) is 0 Å². The van der Waals surface area contributed by atoms with Crippen molar-refractivity contribution < 1.29 is 22.8 Å². The van der Waals surface area contributed by atoms with E-state index in [1.165, 1.54) is 55.7 Å². The van der Waals surface area contributed by atoms with Gasteiger partial charge in [-0.05, 0) is 49.4 Å². The molecule has 0 spiro atoms. The molecule has 10 nitrogen and oxygen atoms in total. The molecule has 2 N–H and O–H groups in total. The Balaban J connectivity index is 1.45. The maximum atomic E-state index is 12.7. The molecule has 4 rings (SSSR count). The third-order valence-corrected chi connectivity index (χ3v) is 6.16. The van der Waals surface area contributed by atoms with Gasteiger partial charge >= 0.3 is 0 Å². The highest BCUT2D eigenvalue weighted by molar-refractivity contribution is 7.92. The Morgan fingerprint density at radius 3 is 2.03 bits per heavy atom. The van der Waals surface area contributed by atoms with Crippen molar-refractivity contribution in [3.8, 4) is 0 Å². The summed E-state index contributed by atoms with van der Waals surface area (Å²) in [6.45, 7) is 1.44. The summed E-state index contributed by atoms with van der Waals surface area (Å²) < 4.78 is 27.1. The third-order valence-electron chi connectivity index (χ3n) is 4.82. The average Bonchev–Trinajstić information content (AvgIpc) is 3.04. The minimum absolute atomic E-state index is 0.0589. The standard InChI is InChI=1S/C21H17N5O5S/c1-13(26-19(28)16-5-2-3-6-17(16)20(26)29)18(27)24-14-7-9-15(10-8-14)32(30,31)25-21-22-11-4-12-23-21/h2-13H,1H3,(H,24,27)(H,22,23,25). The topological polar surface area (TPSA) is 138 Å². The number of rotatable bonds is 6. The van der Waals surface area contributed by atoms with Crippen molar-refractivity contribution >= 4 is 39.4 Å². The number of imide groups is 1. The molecule has 1 atom stereocenters. The fraction of sp³-hybridized carbons (Fsp3) is 0.0952. The maximum absolute atomic E-state index is 12.7. The van der Waals surface area contributed by atoms with Crippen LogP contribution in [0.2, 0.25) is 0 Å². The Labute approximate surface area is 183 Å². The van der Waals surface area contributed by atoms with Gasteiger partial charge in [-0.2, -0.15) is 0 Å². The number of hydrogen-bond donors (Lipinski definition) is 2. The molecule has 2 heterocycles. The number of aromatic nitrogens is 2. The van der Waals surface area contributed by atoms with Gasteiger partial charge in [-0.25, -0.2) is 23.1 Å². The summed E-state index contributed by atoms with van der Waals surface area (Å²) in [5.41, 5.74) is 0.802. The number of fused-ring (bicyclic) bond motifs is 1. The van der Waals surface area contributed by atoms with E-state index in [0.717, 1.165) is 4.90 Å². The van der Waals surface area contributed by atoms with Crippen LogP contribution in [-0.4, -0.2) is 47.0 Å². The number of anilines is 2. The Kier molecular flexibility index (Phi) is 5.41. The molecule has 0 aliphatic carbocycles. The molecule has 1 aliphatic heterocycles. The van der Waals surface area contributed by atoms with Crippen LogP contribution in [0.5, 0.6) is 0 Å². The van der Waals surface area contributed by atoms with Gasteiger partial charge < -0.3 is 5.32 Å². The van der Waals surface area contributed by atoms with E-state index in [9.17, 15) is 22.8 Å². The van der Waals surface area contributed by atoms with E-state index in [1.54, 1.807) is 18.2 Å². The fourth-order valence-electron chi connectivity index (χ4n) is 3.17. The molecule has 0 bridgehead atoms. The second-order valence-electron chi connectivity index (χ2n) is 6.89. The van der Waals surface area contributed by atoms with Crippen LogP contribution in [0.25, 0.3) is 0 Å². The molecule has 1 aromatic heterocycles. The Bertz CT molecular complexity index is 1270. The van der Waals surface area contributed by atoms with Gasteiger partial charge in [0.1, 0.15) is 6.04 Å². The molecule has 0 fully saturated rings. The lowest BCUT2D eigenvalue weighted by Gasteiger charge is -2.21. The van der Waals surface area contributed by atoms with Crippen molar-refractivity contribution in [2.45, 2.75) is 17.9 Å². The van der Waals surface area contributed by atoms with Crippen molar-refractivity contribution in [1.82, 2.24) is 14.9 Å². The van der Waals surface area contributed by atoms with Crippen LogP contribution < -0.4 is 10.0 Å². The number of carbonyl (C=O) groups is 3. The van der Waals surface area contributed by atoms with Gasteiger partial charge in [0.05, 0.1) is 16.0 Å². The van der Waals surface area contributed by atoms with Crippen LogP contribution in [0.3, 0.4) is 0 Å². The molecule has 1 aliphatic rings. The van der Waals surface area contributed by atoms with Gasteiger partial charge in [0, 0.05) is 18.1 Å². The van der Waals surface area contributed by atoms with E-state index in [-0.39, 0.29) is 22.0 Å². The molecule has 0 saturated heterocycles. The molecule has 2 aromatic carbocycles. The van der Waals surface area contributed by atoms with Crippen LogP contribution in [-0.2, 0) is 14.8 Å². The zero-order chi connectivity index (χ0) is 22.9. The maximum Gasteiger partial charge on any atom is 0.264 e. The first kappa shape index (κ1) is 21.1. The minimum Gasteiger partial charge on any atom is -0.324 e. The molecule has 3 amide bonds. The second-order valence-corrected chi connectivity index (χ2v) is 8.58. The first-order chi connectivity index (χ1) is 15.3. The van der Waals surface area contributed by atoms with Crippen LogP contribution in [0, 0.1) is 0 Å². The van der Waals surface area contributed by atoms with Crippen molar-refractivity contribution in [3.05, 3.63) is 78.1 Å². The molecule has 0 radical (unpaired) electrons. The van der Waals surface area contributed by atoms with E-state index in [2.05, 4.69) is 20.0 Å². The summed E-state index contributed by atoms with van der Waals surface area (Å²) in [6, 6.07) is 12.2. The lowest BCUT2D eigenvalue weighted by atomic mass is 10.1. The summed E-state index contributed by atoms with van der Waals surface area (Å²) in [5.74, 6) is -1.74. The molecule has 3 aromatic rings. The molecular formula is C21H17N5O5S. The number of benzene rings is 2. The summed E-state index contributed by atoms with van der Waals surface area (Å²) >= 11 is 0. The van der Waals surface area contributed by atoms with Gasteiger partial charge in [0.15, 0.2) is 0 Å². The number of hydrogen-bond acceptors (Lipinski definition) is 7. The van der Waals surface area contributed by atoms with Crippen molar-refractivity contribution in [3.63, 3.8) is 0 Å². The highest BCUT2D eigenvalue weighted by Gasteiger charge is 2.40. The lowest BCUT2D eigenvalue weighted by Crippen LogP contribution is -2.45. The normalized spacial score (nSPS) is 14.1. The number of nitrogens with zero attached hydrogens (tertiary/aromatic N) is 3. The smallest absolute Gasteiger partial charge is 0.264 e. The predicted molar refractivity (Wildman–Crippen MR) is 114 cm³/mol. The second kappa shape index (κ2) is 8.19. The SMILES string of the molecule is CC(C(=O)Nc1ccc(S(=O)(=O)Nc2ncccn2)cc1)N1C(=O)c2ccccc2C1=O. The van der Waals surface area contributed by atoms with Gasteiger partial charge in [-0.1, -0.05) is 12.1 Å². The zero-order valence-corrected chi connectivity index (χ0v) is 17.5. The van der Waals surface area contributed by atoms with E-state index < -0.39 is 33.8 Å². The Morgan fingerprint density at radius 2 is 1.47 bits per heavy atom. The third kappa shape index (κ3) is 3.93. The largest absolute Gasteiger partial charge is 0.324 e. The number of sulfonamides is 1. The van der Waals surface area contributed by atoms with Crippen molar-refractivity contribution in [2.24, 2.45) is 0 Å². The van der Waals surface area contributed by atoms with Gasteiger partial charge in [-0.3, -0.25) is 19.3 Å². The molecule has 11 heteroatoms. The summed E-state index contributed by atoms with van der Waals surface area (Å²) in [7, 11) is -3.92. The molecule has 162 valence electrons. The van der Waals surface area contributed by atoms with E-state index in [0.29, 0.717) is 5.69 Å². The summed E-state index contributed by atoms with van der Waals surface area (Å²) in [5, 5.41) is 2.59. The molecule has 1 unspecified atom stereocenters. The van der Waals surface area contributed by atoms with E-state index in [4.69, 9.17) is 0 Å². The number of carbonyl (C=O) groups excluding carboxylic acids is 3. The molecule has 0 saturated carbocycles. The molecule has 32 heavy (non-hydrogen) atoms. The minimum atomic E-state index is -3.92.